The number of primary amides is 1. The molecule has 1 aliphatic rings. The molecule has 9 heteroatoms. The number of carbonyl (C=O) groups is 2. The highest BCUT2D eigenvalue weighted by Crippen LogP contribution is 2.38. The van der Waals surface area contributed by atoms with Crippen LogP contribution in [0.5, 0.6) is 0 Å². The fraction of sp³-hybridized carbons (Fsp3) is 0.333. The van der Waals surface area contributed by atoms with E-state index in [1.54, 1.807) is 36.5 Å². The van der Waals surface area contributed by atoms with Crippen molar-refractivity contribution < 1.29 is 18.4 Å². The van der Waals surface area contributed by atoms with Crippen LogP contribution < -0.4 is 11.1 Å². The molecule has 2 aromatic carbocycles. The van der Waals surface area contributed by atoms with Crippen LogP contribution in [0.15, 0.2) is 65.7 Å². The van der Waals surface area contributed by atoms with Crippen LogP contribution in [0.1, 0.15) is 24.8 Å². The summed E-state index contributed by atoms with van der Waals surface area (Å²) in [4.78, 5) is 29.0. The van der Waals surface area contributed by atoms with Crippen LogP contribution in [0.4, 0.5) is 0 Å². The van der Waals surface area contributed by atoms with Gasteiger partial charge in [0.15, 0.2) is 0 Å². The number of nitrogens with zero attached hydrogens (tertiary/aromatic N) is 1. The smallest absolute Gasteiger partial charge is 0.240 e. The van der Waals surface area contributed by atoms with E-state index in [-0.39, 0.29) is 11.3 Å². The van der Waals surface area contributed by atoms with E-state index in [0.717, 1.165) is 22.9 Å². The number of aromatic nitrogens is 1. The molecule has 4 rings (SSSR count). The Bertz CT molecular complexity index is 1230. The summed E-state index contributed by atoms with van der Waals surface area (Å²) in [5, 5.41) is 3.71. The molecule has 1 fully saturated rings. The molecule has 2 atom stereocenters. The molecule has 0 unspecified atom stereocenters. The van der Waals surface area contributed by atoms with E-state index < -0.39 is 33.4 Å². The highest BCUT2D eigenvalue weighted by atomic mass is 32.3. The number of rotatable bonds is 7. The summed E-state index contributed by atoms with van der Waals surface area (Å²) in [6, 6.07) is 14.3. The SMILES string of the molecule is CS(=O)(O)(c1ccccc1)N1CCCC[C@H]1C(=O)N[C@H](Cc1c[nH]c2ccccc12)C(N)=O. The number of fused-ring (bicyclic) bond motifs is 1. The van der Waals surface area contributed by atoms with Gasteiger partial charge < -0.3 is 16.0 Å². The molecule has 0 aliphatic carbocycles. The molecule has 0 radical (unpaired) electrons. The minimum Gasteiger partial charge on any atom is -0.368 e. The Morgan fingerprint density at radius 2 is 1.88 bits per heavy atom. The predicted molar refractivity (Wildman–Crippen MR) is 129 cm³/mol. The zero-order valence-electron chi connectivity index (χ0n) is 18.6. The summed E-state index contributed by atoms with van der Waals surface area (Å²) in [6.07, 6.45) is 5.18. The summed E-state index contributed by atoms with van der Waals surface area (Å²) in [6.45, 7) is 0.301. The lowest BCUT2D eigenvalue weighted by atomic mass is 10.0. The van der Waals surface area contributed by atoms with Gasteiger partial charge in [0.1, 0.15) is 12.1 Å². The van der Waals surface area contributed by atoms with Gasteiger partial charge in [-0.05, 0) is 43.0 Å². The van der Waals surface area contributed by atoms with E-state index in [9.17, 15) is 18.4 Å². The Hall–Kier alpha value is -3.01. The van der Waals surface area contributed by atoms with Crippen molar-refractivity contribution in [1.29, 1.82) is 0 Å². The summed E-state index contributed by atoms with van der Waals surface area (Å²) in [7, 11) is -4.48. The van der Waals surface area contributed by atoms with Gasteiger partial charge >= 0.3 is 0 Å². The van der Waals surface area contributed by atoms with Gasteiger partial charge in [0.25, 0.3) is 0 Å². The van der Waals surface area contributed by atoms with Crippen LogP contribution in [-0.2, 0) is 25.5 Å². The topological polar surface area (TPSA) is 129 Å². The van der Waals surface area contributed by atoms with Crippen molar-refractivity contribution in [3.8, 4) is 0 Å². The van der Waals surface area contributed by atoms with Crippen LogP contribution in [0.25, 0.3) is 10.9 Å². The van der Waals surface area contributed by atoms with Gasteiger partial charge in [0.05, 0.1) is 4.90 Å². The minimum absolute atomic E-state index is 0.223. The molecule has 0 spiro atoms. The van der Waals surface area contributed by atoms with Gasteiger partial charge in [-0.2, -0.15) is 8.51 Å². The molecule has 0 bridgehead atoms. The van der Waals surface area contributed by atoms with Crippen LogP contribution in [0, 0.1) is 0 Å². The third-order valence-corrected chi connectivity index (χ3v) is 9.25. The molecule has 5 N–H and O–H groups in total. The summed E-state index contributed by atoms with van der Waals surface area (Å²) in [5.74, 6) is -1.12. The second kappa shape index (κ2) is 8.74. The van der Waals surface area contributed by atoms with Gasteiger partial charge in [0.2, 0.25) is 11.8 Å². The Kier molecular flexibility index (Phi) is 6.13. The Morgan fingerprint density at radius 3 is 2.61 bits per heavy atom. The molecular formula is C24H30N4O4S. The number of para-hydroxylation sites is 1. The number of H-pyrrole nitrogens is 1. The van der Waals surface area contributed by atoms with Gasteiger partial charge in [0, 0.05) is 36.3 Å². The van der Waals surface area contributed by atoms with E-state index in [1.807, 2.05) is 24.3 Å². The number of nitrogens with two attached hydrogens (primary N) is 1. The van der Waals surface area contributed by atoms with E-state index in [0.29, 0.717) is 19.4 Å². The summed E-state index contributed by atoms with van der Waals surface area (Å²) >= 11 is 0. The lowest BCUT2D eigenvalue weighted by Gasteiger charge is -2.53. The van der Waals surface area contributed by atoms with E-state index in [4.69, 9.17) is 5.73 Å². The predicted octanol–water partition coefficient (Wildman–Crippen LogP) is 2.43. The quantitative estimate of drug-likeness (QED) is 0.423. The number of aromatic amines is 1. The molecule has 8 nitrogen and oxygen atoms in total. The fourth-order valence-corrected chi connectivity index (χ4v) is 6.98. The standard InChI is InChI=1S/C24H30N4O4S/c1-33(31,32,18-9-3-2-4-10-18)28-14-8-7-13-22(28)24(30)27-21(23(25)29)15-17-16-26-20-12-6-5-11-19(17)20/h2-6,9-12,16,21-22,26H,7-8,13-15H2,1H3,(H2,25,29)(H,27,30)(H,31,32)/t21-,22+/m1/s1. The number of hydrogen-bond acceptors (Lipinski definition) is 3. The third kappa shape index (κ3) is 4.57. The molecule has 2 amide bonds. The molecule has 1 aromatic heterocycles. The zero-order valence-corrected chi connectivity index (χ0v) is 19.4. The molecule has 176 valence electrons. The second-order valence-corrected chi connectivity index (χ2v) is 12.1. The molecule has 1 aliphatic heterocycles. The number of hydrogen-bond donors (Lipinski definition) is 4. The maximum Gasteiger partial charge on any atom is 0.240 e. The number of piperidine rings is 1. The van der Waals surface area contributed by atoms with Crippen LogP contribution in [0.2, 0.25) is 0 Å². The third-order valence-electron chi connectivity index (χ3n) is 6.35. The number of carbonyl (C=O) groups excluding carboxylic acids is 2. The van der Waals surface area contributed by atoms with E-state index >= 15 is 0 Å². The first kappa shape index (κ1) is 23.2. The van der Waals surface area contributed by atoms with E-state index in [1.165, 1.54) is 10.6 Å². The fourth-order valence-electron chi connectivity index (χ4n) is 4.56. The molecule has 1 saturated heterocycles. The molecule has 33 heavy (non-hydrogen) atoms. The normalized spacial score (nSPS) is 19.5. The summed E-state index contributed by atoms with van der Waals surface area (Å²) < 4.78 is 26.7. The first-order valence-electron chi connectivity index (χ1n) is 11.0. The minimum atomic E-state index is -4.48. The van der Waals surface area contributed by atoms with Crippen LogP contribution in [0.3, 0.4) is 0 Å². The maximum absolute atomic E-state index is 13.9. The Morgan fingerprint density at radius 1 is 1.18 bits per heavy atom. The van der Waals surface area contributed by atoms with Crippen molar-refractivity contribution in [1.82, 2.24) is 14.6 Å². The van der Waals surface area contributed by atoms with Crippen molar-refractivity contribution in [2.75, 3.05) is 12.8 Å². The molecule has 0 saturated carbocycles. The Balaban J connectivity index is 1.58. The van der Waals surface area contributed by atoms with Crippen LogP contribution >= 0.6 is 0 Å². The van der Waals surface area contributed by atoms with E-state index in [2.05, 4.69) is 10.3 Å². The van der Waals surface area contributed by atoms with Gasteiger partial charge in [-0.1, -0.05) is 36.4 Å². The first-order chi connectivity index (χ1) is 15.7. The Labute approximate surface area is 192 Å². The van der Waals surface area contributed by atoms with Crippen molar-refractivity contribution in [2.45, 2.75) is 42.7 Å². The number of amides is 2. The summed E-state index contributed by atoms with van der Waals surface area (Å²) in [5.41, 5.74) is 7.42. The lowest BCUT2D eigenvalue weighted by molar-refractivity contribution is -0.130. The van der Waals surface area contributed by atoms with Gasteiger partial charge in [-0.25, -0.2) is 0 Å². The molecule has 3 aromatic rings. The van der Waals surface area contributed by atoms with Crippen molar-refractivity contribution in [3.05, 3.63) is 66.4 Å². The number of benzene rings is 2. The van der Waals surface area contributed by atoms with Crippen molar-refractivity contribution in [3.63, 3.8) is 0 Å². The van der Waals surface area contributed by atoms with Gasteiger partial charge in [-0.15, -0.1) is 9.53 Å². The molecular weight excluding hydrogens is 440 g/mol. The van der Waals surface area contributed by atoms with Crippen molar-refractivity contribution >= 4 is 32.2 Å². The highest BCUT2D eigenvalue weighted by Gasteiger charge is 2.42. The maximum atomic E-state index is 13.9. The van der Waals surface area contributed by atoms with Gasteiger partial charge in [-0.3, -0.25) is 14.1 Å². The second-order valence-electron chi connectivity index (χ2n) is 8.73. The monoisotopic (exact) mass is 470 g/mol. The largest absolute Gasteiger partial charge is 0.368 e. The molecule has 2 heterocycles. The first-order valence-corrected chi connectivity index (χ1v) is 13.3. The lowest BCUT2D eigenvalue weighted by Crippen LogP contribution is -2.62. The van der Waals surface area contributed by atoms with Crippen molar-refractivity contribution in [2.24, 2.45) is 5.73 Å². The average Bonchev–Trinajstić information content (AvgIpc) is 3.22. The highest BCUT2D eigenvalue weighted by molar-refractivity contribution is 8.12. The van der Waals surface area contributed by atoms with Crippen LogP contribution in [-0.4, -0.2) is 54.7 Å². The zero-order chi connectivity index (χ0) is 23.7. The average molecular weight is 471 g/mol. The number of nitrogens with one attached hydrogen (secondary N) is 2.